The molecule has 1 aromatic rings. The number of amides is 1. The van der Waals surface area contributed by atoms with Crippen molar-refractivity contribution in [2.75, 3.05) is 18.9 Å². The molecule has 0 radical (unpaired) electrons. The molecule has 1 aromatic carbocycles. The van der Waals surface area contributed by atoms with Crippen molar-refractivity contribution in [2.24, 2.45) is 0 Å². The average Bonchev–Trinajstić information content (AvgIpc) is 2.33. The number of nitrogens with zero attached hydrogens (tertiary/aromatic N) is 1. The van der Waals surface area contributed by atoms with Crippen LogP contribution in [0.5, 0.6) is 0 Å². The van der Waals surface area contributed by atoms with Crippen LogP contribution in [0.25, 0.3) is 0 Å². The van der Waals surface area contributed by atoms with Crippen LogP contribution in [-0.4, -0.2) is 24.1 Å². The average molecular weight is 220 g/mol. The number of hydrogen-bond acceptors (Lipinski definition) is 3. The lowest BCUT2D eigenvalue weighted by Gasteiger charge is -2.25. The Balaban J connectivity index is 2.16. The van der Waals surface area contributed by atoms with Crippen LogP contribution in [0.1, 0.15) is 28.8 Å². The van der Waals surface area contributed by atoms with Gasteiger partial charge in [-0.05, 0) is 37.5 Å². The van der Waals surface area contributed by atoms with Gasteiger partial charge in [0.15, 0.2) is 0 Å². The SMILES string of the molecule is Cc1ccc(C(=O)N2CCCCO2)cc1N. The van der Waals surface area contributed by atoms with Crippen molar-refractivity contribution in [3.63, 3.8) is 0 Å². The molecule has 1 amide bonds. The minimum absolute atomic E-state index is 0.105. The Hall–Kier alpha value is -1.55. The third-order valence-corrected chi connectivity index (χ3v) is 2.76. The van der Waals surface area contributed by atoms with Gasteiger partial charge in [0.05, 0.1) is 6.61 Å². The van der Waals surface area contributed by atoms with E-state index in [0.29, 0.717) is 24.4 Å². The lowest BCUT2D eigenvalue weighted by Crippen LogP contribution is -2.35. The van der Waals surface area contributed by atoms with E-state index in [1.165, 1.54) is 5.06 Å². The lowest BCUT2D eigenvalue weighted by atomic mass is 10.1. The van der Waals surface area contributed by atoms with Gasteiger partial charge in [-0.2, -0.15) is 0 Å². The zero-order valence-corrected chi connectivity index (χ0v) is 9.40. The fourth-order valence-electron chi connectivity index (χ4n) is 1.67. The standard InChI is InChI=1S/C12H16N2O2/c1-9-4-5-10(8-11(9)13)12(15)14-6-2-3-7-16-14/h4-5,8H,2-3,6-7,13H2,1H3. The molecule has 0 bridgehead atoms. The first-order valence-corrected chi connectivity index (χ1v) is 5.49. The summed E-state index contributed by atoms with van der Waals surface area (Å²) in [4.78, 5) is 17.3. The molecule has 2 N–H and O–H groups in total. The molecule has 2 rings (SSSR count). The van der Waals surface area contributed by atoms with Crippen LogP contribution >= 0.6 is 0 Å². The highest BCUT2D eigenvalue weighted by Crippen LogP contribution is 2.16. The molecule has 86 valence electrons. The predicted octanol–water partition coefficient (Wildman–Crippen LogP) is 1.74. The number of carbonyl (C=O) groups is 1. The van der Waals surface area contributed by atoms with Crippen molar-refractivity contribution >= 4 is 11.6 Å². The van der Waals surface area contributed by atoms with Crippen molar-refractivity contribution in [1.29, 1.82) is 0 Å². The second kappa shape index (κ2) is 4.53. The van der Waals surface area contributed by atoms with Crippen molar-refractivity contribution in [3.05, 3.63) is 29.3 Å². The molecule has 0 saturated carbocycles. The van der Waals surface area contributed by atoms with Crippen LogP contribution in [-0.2, 0) is 4.84 Å². The van der Waals surface area contributed by atoms with Gasteiger partial charge in [0, 0.05) is 17.8 Å². The minimum atomic E-state index is -0.105. The topological polar surface area (TPSA) is 55.6 Å². The largest absolute Gasteiger partial charge is 0.398 e. The van der Waals surface area contributed by atoms with Crippen molar-refractivity contribution < 1.29 is 9.63 Å². The van der Waals surface area contributed by atoms with Crippen LogP contribution in [0.4, 0.5) is 5.69 Å². The van der Waals surface area contributed by atoms with E-state index in [-0.39, 0.29) is 5.91 Å². The summed E-state index contributed by atoms with van der Waals surface area (Å²) >= 11 is 0. The van der Waals surface area contributed by atoms with Gasteiger partial charge < -0.3 is 5.73 Å². The molecule has 0 aliphatic carbocycles. The van der Waals surface area contributed by atoms with E-state index in [1.54, 1.807) is 12.1 Å². The molecule has 0 spiro atoms. The Morgan fingerprint density at radius 1 is 1.44 bits per heavy atom. The predicted molar refractivity (Wildman–Crippen MR) is 61.8 cm³/mol. The summed E-state index contributed by atoms with van der Waals surface area (Å²) in [7, 11) is 0. The fraction of sp³-hybridized carbons (Fsp3) is 0.417. The Kier molecular flexibility index (Phi) is 3.10. The molecule has 0 atom stereocenters. The molecule has 0 aromatic heterocycles. The summed E-state index contributed by atoms with van der Waals surface area (Å²) in [6.07, 6.45) is 2.01. The first-order chi connectivity index (χ1) is 7.68. The summed E-state index contributed by atoms with van der Waals surface area (Å²) in [5, 5.41) is 1.42. The number of benzene rings is 1. The third-order valence-electron chi connectivity index (χ3n) is 2.76. The molecule has 16 heavy (non-hydrogen) atoms. The Morgan fingerprint density at radius 2 is 2.25 bits per heavy atom. The molecular weight excluding hydrogens is 204 g/mol. The first-order valence-electron chi connectivity index (χ1n) is 5.49. The number of carbonyl (C=O) groups excluding carboxylic acids is 1. The fourth-order valence-corrected chi connectivity index (χ4v) is 1.67. The normalized spacial score (nSPS) is 16.2. The van der Waals surface area contributed by atoms with Crippen molar-refractivity contribution in [1.82, 2.24) is 5.06 Å². The van der Waals surface area contributed by atoms with E-state index in [9.17, 15) is 4.79 Å². The second-order valence-electron chi connectivity index (χ2n) is 4.02. The summed E-state index contributed by atoms with van der Waals surface area (Å²) < 4.78 is 0. The van der Waals surface area contributed by atoms with Gasteiger partial charge in [0.25, 0.3) is 5.91 Å². The van der Waals surface area contributed by atoms with E-state index < -0.39 is 0 Å². The smallest absolute Gasteiger partial charge is 0.277 e. The van der Waals surface area contributed by atoms with Gasteiger partial charge in [0.2, 0.25) is 0 Å². The maximum atomic E-state index is 12.0. The van der Waals surface area contributed by atoms with Crippen LogP contribution in [0.3, 0.4) is 0 Å². The van der Waals surface area contributed by atoms with E-state index in [4.69, 9.17) is 10.6 Å². The number of anilines is 1. The van der Waals surface area contributed by atoms with Crippen molar-refractivity contribution in [3.8, 4) is 0 Å². The van der Waals surface area contributed by atoms with Gasteiger partial charge in [-0.1, -0.05) is 6.07 Å². The highest BCUT2D eigenvalue weighted by molar-refractivity contribution is 5.94. The monoisotopic (exact) mass is 220 g/mol. The minimum Gasteiger partial charge on any atom is -0.398 e. The number of hydrogen-bond donors (Lipinski definition) is 1. The molecule has 1 fully saturated rings. The molecule has 0 unspecified atom stereocenters. The van der Waals surface area contributed by atoms with E-state index in [2.05, 4.69) is 0 Å². The summed E-state index contributed by atoms with van der Waals surface area (Å²) in [6, 6.07) is 5.34. The highest BCUT2D eigenvalue weighted by atomic mass is 16.7. The molecule has 1 heterocycles. The van der Waals surface area contributed by atoms with Crippen LogP contribution in [0, 0.1) is 6.92 Å². The molecule has 1 aliphatic heterocycles. The molecule has 1 saturated heterocycles. The number of rotatable bonds is 1. The zero-order chi connectivity index (χ0) is 11.5. The third kappa shape index (κ3) is 2.17. The van der Waals surface area contributed by atoms with Crippen LogP contribution in [0.2, 0.25) is 0 Å². The highest BCUT2D eigenvalue weighted by Gasteiger charge is 2.19. The van der Waals surface area contributed by atoms with E-state index in [1.807, 2.05) is 13.0 Å². The number of nitrogen functional groups attached to an aromatic ring is 1. The van der Waals surface area contributed by atoms with Gasteiger partial charge in [-0.15, -0.1) is 0 Å². The van der Waals surface area contributed by atoms with Gasteiger partial charge >= 0.3 is 0 Å². The number of aryl methyl sites for hydroxylation is 1. The number of nitrogens with two attached hydrogens (primary N) is 1. The van der Waals surface area contributed by atoms with Crippen molar-refractivity contribution in [2.45, 2.75) is 19.8 Å². The number of hydroxylamine groups is 2. The summed E-state index contributed by atoms with van der Waals surface area (Å²) in [5.41, 5.74) is 7.99. The van der Waals surface area contributed by atoms with Crippen LogP contribution < -0.4 is 5.73 Å². The molecule has 4 nitrogen and oxygen atoms in total. The van der Waals surface area contributed by atoms with E-state index >= 15 is 0 Å². The van der Waals surface area contributed by atoms with Crippen LogP contribution in [0.15, 0.2) is 18.2 Å². The van der Waals surface area contributed by atoms with Gasteiger partial charge in [0.1, 0.15) is 0 Å². The Bertz CT molecular complexity index is 398. The lowest BCUT2D eigenvalue weighted by molar-refractivity contribution is -0.144. The molecule has 1 aliphatic rings. The molecule has 4 heteroatoms. The summed E-state index contributed by atoms with van der Waals surface area (Å²) in [6.45, 7) is 3.20. The first kappa shape index (κ1) is 11.0. The zero-order valence-electron chi connectivity index (χ0n) is 9.40. The van der Waals surface area contributed by atoms with E-state index in [0.717, 1.165) is 18.4 Å². The Morgan fingerprint density at radius 3 is 2.88 bits per heavy atom. The quantitative estimate of drug-likeness (QED) is 0.733. The Labute approximate surface area is 94.9 Å². The summed E-state index contributed by atoms with van der Waals surface area (Å²) in [5.74, 6) is -0.105. The van der Waals surface area contributed by atoms with Gasteiger partial charge in [-0.25, -0.2) is 5.06 Å². The second-order valence-corrected chi connectivity index (χ2v) is 4.02. The maximum absolute atomic E-state index is 12.0. The molecular formula is C12H16N2O2. The maximum Gasteiger partial charge on any atom is 0.277 e. The van der Waals surface area contributed by atoms with Gasteiger partial charge in [-0.3, -0.25) is 9.63 Å².